The molecule has 1 aromatic rings. The van der Waals surface area contributed by atoms with Crippen molar-refractivity contribution in [2.75, 3.05) is 0 Å². The Kier molecular flexibility index (Phi) is 4.60. The van der Waals surface area contributed by atoms with Crippen LogP contribution >= 0.6 is 0 Å². The molecule has 1 saturated carbocycles. The molecule has 0 heterocycles. The van der Waals surface area contributed by atoms with Gasteiger partial charge in [-0.2, -0.15) is 0 Å². The van der Waals surface area contributed by atoms with E-state index in [0.717, 1.165) is 6.61 Å². The molecule has 2 rings (SSSR count). The number of ether oxygens (including phenoxy) is 1. The summed E-state index contributed by atoms with van der Waals surface area (Å²) < 4.78 is 6.12. The normalized spacial score (nSPS) is 28.0. The predicted octanol–water partition coefficient (Wildman–Crippen LogP) is 4.58. The van der Waals surface area contributed by atoms with E-state index < -0.39 is 0 Å². The number of rotatable bonds is 4. The third kappa shape index (κ3) is 3.23. The molecule has 3 atom stereocenters. The Balaban J connectivity index is 1.91. The molecular weight excluding hydrogens is 220 g/mol. The summed E-state index contributed by atoms with van der Waals surface area (Å²) in [5.41, 5.74) is 2.58. The van der Waals surface area contributed by atoms with Crippen molar-refractivity contribution >= 4 is 0 Å². The van der Waals surface area contributed by atoms with Crippen LogP contribution in [0, 0.1) is 11.8 Å². The maximum Gasteiger partial charge on any atom is 0.0720 e. The standard InChI is InChI=1S/C17H24O/c1-13(2)16-10-7-11-17(14(16)3)18-12-15-8-5-4-6-9-15/h4-6,8-9,14,16-17H,1,7,10-12H2,2-3H3. The highest BCUT2D eigenvalue weighted by Gasteiger charge is 2.30. The number of hydrogen-bond acceptors (Lipinski definition) is 1. The minimum Gasteiger partial charge on any atom is -0.373 e. The summed E-state index contributed by atoms with van der Waals surface area (Å²) in [7, 11) is 0. The summed E-state index contributed by atoms with van der Waals surface area (Å²) in [5.74, 6) is 1.24. The second kappa shape index (κ2) is 6.19. The zero-order chi connectivity index (χ0) is 13.0. The van der Waals surface area contributed by atoms with Gasteiger partial charge in [-0.25, -0.2) is 0 Å². The summed E-state index contributed by atoms with van der Waals surface area (Å²) in [6.07, 6.45) is 4.13. The number of benzene rings is 1. The van der Waals surface area contributed by atoms with Gasteiger partial charge in [0.1, 0.15) is 0 Å². The fourth-order valence-electron chi connectivity index (χ4n) is 3.03. The first kappa shape index (κ1) is 13.4. The van der Waals surface area contributed by atoms with Gasteiger partial charge in [-0.15, -0.1) is 0 Å². The fraction of sp³-hybridized carbons (Fsp3) is 0.529. The van der Waals surface area contributed by atoms with E-state index in [1.54, 1.807) is 0 Å². The van der Waals surface area contributed by atoms with Crippen LogP contribution in [0.15, 0.2) is 42.5 Å². The average molecular weight is 244 g/mol. The van der Waals surface area contributed by atoms with Crippen LogP contribution in [0.2, 0.25) is 0 Å². The van der Waals surface area contributed by atoms with Gasteiger partial charge in [0, 0.05) is 0 Å². The number of allylic oxidation sites excluding steroid dienone is 1. The van der Waals surface area contributed by atoms with Gasteiger partial charge in [-0.1, -0.05) is 55.8 Å². The molecule has 98 valence electrons. The second-order valence-electron chi connectivity index (χ2n) is 5.58. The minimum atomic E-state index is 0.389. The summed E-state index contributed by atoms with van der Waals surface area (Å²) in [4.78, 5) is 0. The zero-order valence-electron chi connectivity index (χ0n) is 11.6. The highest BCUT2D eigenvalue weighted by Crippen LogP contribution is 2.36. The molecule has 1 aromatic carbocycles. The van der Waals surface area contributed by atoms with Crippen molar-refractivity contribution in [3.05, 3.63) is 48.0 Å². The Hall–Kier alpha value is -1.08. The molecule has 1 aliphatic rings. The van der Waals surface area contributed by atoms with Crippen molar-refractivity contribution in [1.82, 2.24) is 0 Å². The lowest BCUT2D eigenvalue weighted by Gasteiger charge is -2.36. The predicted molar refractivity (Wildman–Crippen MR) is 76.3 cm³/mol. The monoisotopic (exact) mass is 244 g/mol. The van der Waals surface area contributed by atoms with Gasteiger partial charge in [-0.3, -0.25) is 0 Å². The Morgan fingerprint density at radius 3 is 2.67 bits per heavy atom. The van der Waals surface area contributed by atoms with Gasteiger partial charge < -0.3 is 4.74 Å². The Labute approximate surface area is 111 Å². The number of hydrogen-bond donors (Lipinski definition) is 0. The van der Waals surface area contributed by atoms with Gasteiger partial charge in [-0.05, 0) is 37.2 Å². The smallest absolute Gasteiger partial charge is 0.0720 e. The van der Waals surface area contributed by atoms with Crippen molar-refractivity contribution in [3.8, 4) is 0 Å². The van der Waals surface area contributed by atoms with Crippen molar-refractivity contribution in [2.24, 2.45) is 11.8 Å². The summed E-state index contributed by atoms with van der Waals surface area (Å²) in [5, 5.41) is 0. The Morgan fingerprint density at radius 1 is 1.28 bits per heavy atom. The van der Waals surface area contributed by atoms with Crippen molar-refractivity contribution in [3.63, 3.8) is 0 Å². The Morgan fingerprint density at radius 2 is 2.00 bits per heavy atom. The molecule has 0 aliphatic heterocycles. The fourth-order valence-corrected chi connectivity index (χ4v) is 3.03. The van der Waals surface area contributed by atoms with E-state index in [1.165, 1.54) is 30.4 Å². The van der Waals surface area contributed by atoms with Crippen molar-refractivity contribution in [1.29, 1.82) is 0 Å². The molecular formula is C17H24O. The first-order valence-corrected chi connectivity index (χ1v) is 6.99. The molecule has 3 unspecified atom stereocenters. The molecule has 0 N–H and O–H groups in total. The van der Waals surface area contributed by atoms with E-state index in [9.17, 15) is 0 Å². The first-order valence-electron chi connectivity index (χ1n) is 6.99. The van der Waals surface area contributed by atoms with E-state index in [1.807, 2.05) is 6.07 Å². The molecule has 0 bridgehead atoms. The van der Waals surface area contributed by atoms with Crippen LogP contribution in [0.1, 0.15) is 38.7 Å². The Bertz CT molecular complexity index is 382. The van der Waals surface area contributed by atoms with Crippen molar-refractivity contribution in [2.45, 2.75) is 45.8 Å². The van der Waals surface area contributed by atoms with Crippen molar-refractivity contribution < 1.29 is 4.74 Å². The SMILES string of the molecule is C=C(C)C1CCCC(OCc2ccccc2)C1C. The van der Waals surface area contributed by atoms with Crippen LogP contribution in [0.5, 0.6) is 0 Å². The van der Waals surface area contributed by atoms with Gasteiger partial charge in [0.2, 0.25) is 0 Å². The minimum absolute atomic E-state index is 0.389. The molecule has 1 fully saturated rings. The lowest BCUT2D eigenvalue weighted by atomic mass is 9.75. The summed E-state index contributed by atoms with van der Waals surface area (Å²) >= 11 is 0. The molecule has 1 heteroatoms. The van der Waals surface area contributed by atoms with Crippen LogP contribution in [-0.2, 0) is 11.3 Å². The van der Waals surface area contributed by atoms with E-state index >= 15 is 0 Å². The van der Waals surface area contributed by atoms with E-state index in [0.29, 0.717) is 17.9 Å². The van der Waals surface area contributed by atoms with Gasteiger partial charge in [0.15, 0.2) is 0 Å². The molecule has 0 aromatic heterocycles. The van der Waals surface area contributed by atoms with Gasteiger partial charge in [0.25, 0.3) is 0 Å². The quantitative estimate of drug-likeness (QED) is 0.704. The molecule has 18 heavy (non-hydrogen) atoms. The third-order valence-corrected chi connectivity index (χ3v) is 4.16. The van der Waals surface area contributed by atoms with Gasteiger partial charge in [0.05, 0.1) is 12.7 Å². The summed E-state index contributed by atoms with van der Waals surface area (Å²) in [6.45, 7) is 9.33. The largest absolute Gasteiger partial charge is 0.373 e. The lowest BCUT2D eigenvalue weighted by molar-refractivity contribution is -0.0299. The van der Waals surface area contributed by atoms with Crippen LogP contribution < -0.4 is 0 Å². The lowest BCUT2D eigenvalue weighted by Crippen LogP contribution is -2.32. The first-order chi connectivity index (χ1) is 8.68. The van der Waals surface area contributed by atoms with Crippen LogP contribution in [0.25, 0.3) is 0 Å². The van der Waals surface area contributed by atoms with Crippen LogP contribution in [0.4, 0.5) is 0 Å². The topological polar surface area (TPSA) is 9.23 Å². The maximum atomic E-state index is 6.12. The van der Waals surface area contributed by atoms with Crippen LogP contribution in [0.3, 0.4) is 0 Å². The molecule has 0 spiro atoms. The molecule has 1 nitrogen and oxygen atoms in total. The molecule has 0 saturated heterocycles. The highest BCUT2D eigenvalue weighted by molar-refractivity contribution is 5.13. The van der Waals surface area contributed by atoms with Gasteiger partial charge >= 0.3 is 0 Å². The molecule has 0 amide bonds. The average Bonchev–Trinajstić information content (AvgIpc) is 2.38. The van der Waals surface area contributed by atoms with Crippen LogP contribution in [-0.4, -0.2) is 6.10 Å². The van der Waals surface area contributed by atoms with E-state index in [4.69, 9.17) is 4.74 Å². The third-order valence-electron chi connectivity index (χ3n) is 4.16. The molecule has 0 radical (unpaired) electrons. The maximum absolute atomic E-state index is 6.12. The van der Waals surface area contributed by atoms with E-state index in [-0.39, 0.29) is 0 Å². The van der Waals surface area contributed by atoms with E-state index in [2.05, 4.69) is 44.7 Å². The summed E-state index contributed by atoms with van der Waals surface area (Å²) in [6, 6.07) is 10.4. The zero-order valence-corrected chi connectivity index (χ0v) is 11.6. The molecule has 1 aliphatic carbocycles. The highest BCUT2D eigenvalue weighted by atomic mass is 16.5. The second-order valence-corrected chi connectivity index (χ2v) is 5.58.